The molecule has 15 atom stereocenters. The monoisotopic (exact) mass is 1650 g/mol. The second-order valence-corrected chi connectivity index (χ2v) is 29.1. The van der Waals surface area contributed by atoms with Gasteiger partial charge in [0, 0.05) is 38.8 Å². The number of aliphatic imine (C=N–C) groups is 1. The molecule has 1 aromatic carbocycles. The lowest BCUT2D eigenvalue weighted by atomic mass is 9.96. The summed E-state index contributed by atoms with van der Waals surface area (Å²) in [5, 5.41) is 74.8. The Balaban J connectivity index is 3.43. The van der Waals surface area contributed by atoms with E-state index in [1.54, 1.807) is 64.3 Å². The number of hydrogen-bond donors (Lipinski definition) is 24. The van der Waals surface area contributed by atoms with Gasteiger partial charge in [0.15, 0.2) is 5.96 Å². The van der Waals surface area contributed by atoms with E-state index in [0.29, 0.717) is 12.0 Å². The predicted octanol–water partition coefficient (Wildman–Crippen LogP) is -8.23. The number of nitrogens with two attached hydrogens (primary N) is 6. The van der Waals surface area contributed by atoms with Gasteiger partial charge in [0.05, 0.1) is 25.7 Å². The van der Waals surface area contributed by atoms with E-state index in [9.17, 15) is 107 Å². The van der Waals surface area contributed by atoms with Crippen molar-refractivity contribution in [1.29, 1.82) is 0 Å². The van der Waals surface area contributed by atoms with Gasteiger partial charge in [0.1, 0.15) is 78.5 Å². The summed E-state index contributed by atoms with van der Waals surface area (Å²) in [5.74, 6) is -19.8. The van der Waals surface area contributed by atoms with E-state index in [1.807, 2.05) is 0 Å². The molecule has 0 saturated heterocycles. The fraction of sp³-hybridized carbons (Fsp3) is 0.648. The fourth-order valence-electron chi connectivity index (χ4n) is 10.9. The van der Waals surface area contributed by atoms with Crippen LogP contribution >= 0.6 is 11.8 Å². The summed E-state index contributed by atoms with van der Waals surface area (Å²) in [6, 6.07) is -11.4. The third-order valence-corrected chi connectivity index (χ3v) is 18.2. The van der Waals surface area contributed by atoms with E-state index in [0.717, 1.165) is 6.92 Å². The summed E-state index contributed by atoms with van der Waals surface area (Å²) in [4.78, 5) is 243. The number of amides is 16. The Morgan fingerprint density at radius 1 is 0.478 bits per heavy atom. The molecule has 43 nitrogen and oxygen atoms in total. The normalized spacial score (nSPS) is 15.0. The second kappa shape index (κ2) is 54.0. The minimum Gasteiger partial charge on any atom is -0.481 e. The summed E-state index contributed by atoms with van der Waals surface area (Å²) in [6.45, 7) is 10.5. The van der Waals surface area contributed by atoms with Crippen molar-refractivity contribution in [3.8, 4) is 0 Å². The van der Waals surface area contributed by atoms with Gasteiger partial charge in [0.2, 0.25) is 94.5 Å². The molecule has 0 aromatic heterocycles. The Labute approximate surface area is 670 Å². The van der Waals surface area contributed by atoms with Crippen LogP contribution < -0.4 is 109 Å². The number of rotatable bonds is 57. The van der Waals surface area contributed by atoms with Gasteiger partial charge < -0.3 is 129 Å². The molecule has 0 bridgehead atoms. The first kappa shape index (κ1) is 102. The van der Waals surface area contributed by atoms with Crippen molar-refractivity contribution in [2.75, 3.05) is 44.8 Å². The van der Waals surface area contributed by atoms with Crippen LogP contribution in [0.5, 0.6) is 0 Å². The topological polar surface area (TPSA) is 725 Å². The fourth-order valence-corrected chi connectivity index (χ4v) is 11.4. The summed E-state index contributed by atoms with van der Waals surface area (Å²) in [7, 11) is 0. The van der Waals surface area contributed by atoms with E-state index in [1.165, 1.54) is 32.5 Å². The molecule has 0 unspecified atom stereocenters. The van der Waals surface area contributed by atoms with E-state index >= 15 is 0 Å². The van der Waals surface area contributed by atoms with Crippen LogP contribution in [0, 0.1) is 17.8 Å². The van der Waals surface area contributed by atoms with E-state index in [-0.39, 0.29) is 75.7 Å². The number of carbonyl (C=O) groups is 18. The summed E-state index contributed by atoms with van der Waals surface area (Å²) in [6.07, 6.45) is -3.78. The molecule has 646 valence electrons. The highest BCUT2D eigenvalue weighted by atomic mass is 32.2. The molecule has 0 aliphatic rings. The number of guanidine groups is 1. The van der Waals surface area contributed by atoms with Gasteiger partial charge in [-0.3, -0.25) is 86.5 Å². The average Bonchev–Trinajstić information content (AvgIpc) is 0.911. The van der Waals surface area contributed by atoms with Gasteiger partial charge in [-0.15, -0.1) is 0 Å². The Bertz CT molecular complexity index is 3480. The van der Waals surface area contributed by atoms with Gasteiger partial charge in [-0.05, 0) is 107 Å². The maximum atomic E-state index is 14.3. The number of carbonyl (C=O) groups excluding carboxylic acids is 16. The highest BCUT2D eigenvalue weighted by Gasteiger charge is 2.39. The third kappa shape index (κ3) is 40.1. The van der Waals surface area contributed by atoms with Crippen molar-refractivity contribution in [2.24, 2.45) is 57.1 Å². The van der Waals surface area contributed by atoms with Gasteiger partial charge in [-0.25, -0.2) is 4.79 Å². The average molecular weight is 1650 g/mol. The molecule has 0 aliphatic heterocycles. The zero-order valence-corrected chi connectivity index (χ0v) is 67.1. The van der Waals surface area contributed by atoms with Crippen LogP contribution in [-0.2, 0) is 92.7 Å². The Kier molecular flexibility index (Phi) is 48.0. The van der Waals surface area contributed by atoms with Crippen molar-refractivity contribution < 1.29 is 107 Å². The number of carboxylic acid groups (broad SMARTS) is 2. The van der Waals surface area contributed by atoms with E-state index in [4.69, 9.17) is 34.4 Å². The number of aliphatic hydroxyl groups is 2. The smallest absolute Gasteiger partial charge is 0.326 e. The minimum absolute atomic E-state index is 0.0127. The maximum Gasteiger partial charge on any atom is 0.326 e. The Morgan fingerprint density at radius 3 is 1.46 bits per heavy atom. The maximum absolute atomic E-state index is 14.3. The number of aliphatic hydroxyl groups excluding tert-OH is 2. The van der Waals surface area contributed by atoms with E-state index < -0.39 is 261 Å². The molecule has 0 spiro atoms. The van der Waals surface area contributed by atoms with Crippen molar-refractivity contribution in [3.05, 3.63) is 35.9 Å². The number of thioether (sulfide) groups is 1. The number of hydrogen-bond acceptors (Lipinski definition) is 24. The highest BCUT2D eigenvalue weighted by Crippen LogP contribution is 2.16. The molecule has 0 heterocycles. The largest absolute Gasteiger partial charge is 0.481 e. The predicted molar refractivity (Wildman–Crippen MR) is 418 cm³/mol. The highest BCUT2D eigenvalue weighted by molar-refractivity contribution is 7.98. The van der Waals surface area contributed by atoms with Gasteiger partial charge in [-0.1, -0.05) is 78.3 Å². The number of primary amides is 2. The first-order valence-electron chi connectivity index (χ1n) is 37.5. The number of carboxylic acids is 2. The lowest BCUT2D eigenvalue weighted by Crippen LogP contribution is -2.61. The molecule has 0 radical (unpaired) electrons. The zero-order chi connectivity index (χ0) is 87.4. The Morgan fingerprint density at radius 2 is 0.948 bits per heavy atom. The van der Waals surface area contributed by atoms with E-state index in [2.05, 4.69) is 79.4 Å². The molecular weight excluding hydrogens is 1530 g/mol. The number of nitrogens with zero attached hydrogens (tertiary/aromatic N) is 1. The molecule has 0 fully saturated rings. The standard InChI is InChI=1S/C71H119N21O22S/c1-10-37(6)56(91-59(102)38(7)80-53(98)33-73)68(111)88-47(30-35(2)3)65(108)90-55(36(4)5)67(110)84-43(21-23-54(99)100)63(106)85-45(70(113)114)20-22-51(96)82-44(25-29-115-9)64(107)87-48(31-40-16-12-11-13-17-40)60(103)78-28-24-52(97)81-41(19-15-27-79-71(76)77)61(104)83-42(18-14-26-72)62(105)89-49(34-93)66(109)92-57(39(8)94)69(112)86-46(58(75)101)32-50(74)95/h11-13,16-17,35-39,41-49,55-57,93-94H,10,14-15,18-34,72-73H2,1-9H3,(H2,74,95)(H2,75,101)(H,78,103)(H,80,98)(H,81,97)(H,82,96)(H,83,104)(H,84,110)(H,85,106)(H,86,112)(H,87,107)(H,88,111)(H,89,105)(H,90,108)(H,91,102)(H,92,109)(H,99,100)(H,113,114)(H4,76,77,79)/t37-,38-,39+,41-,42-,43-,44-,45-,46-,47-,48-,49-,55-,56-,57-/m0/s1. The Hall–Kier alpha value is -10.9. The quantitative estimate of drug-likeness (QED) is 0.0164. The van der Waals surface area contributed by atoms with Crippen LogP contribution in [0.3, 0.4) is 0 Å². The lowest BCUT2D eigenvalue weighted by Gasteiger charge is -2.30. The SMILES string of the molecule is CC[C@H](C)[C@H](NC(=O)[C@H](C)NC(=O)CN)C(=O)N[C@@H](CC(C)C)C(=O)N[C@H](C(=O)N[C@@H](CCC(=O)O)C(=O)N[C@@H](CCC(=O)N[C@@H](CCSC)C(=O)N[C@@H](Cc1ccccc1)C(=O)NCCC(=O)N[C@@H](CCCN=C(N)N)C(=O)N[C@@H](CCCN)C(=O)N[C@@H](CO)C(=O)N[C@H](C(=O)N[C@@H](CC(N)=O)C(N)=O)[C@@H](C)O)C(=O)O)C(C)C. The summed E-state index contributed by atoms with van der Waals surface area (Å²) >= 11 is 1.28. The van der Waals surface area contributed by atoms with Crippen LogP contribution in [0.4, 0.5) is 0 Å². The van der Waals surface area contributed by atoms with Crippen LogP contribution in [0.2, 0.25) is 0 Å². The number of nitrogens with one attached hydrogen (secondary N) is 14. The van der Waals surface area contributed by atoms with Crippen LogP contribution in [0.25, 0.3) is 0 Å². The van der Waals surface area contributed by atoms with Gasteiger partial charge in [0.25, 0.3) is 0 Å². The molecule has 1 aromatic rings. The van der Waals surface area contributed by atoms with Gasteiger partial charge in [-0.2, -0.15) is 11.8 Å². The van der Waals surface area contributed by atoms with Crippen LogP contribution in [0.1, 0.15) is 144 Å². The summed E-state index contributed by atoms with van der Waals surface area (Å²) < 4.78 is 0. The summed E-state index contributed by atoms with van der Waals surface area (Å²) in [5.41, 5.74) is 33.0. The molecule has 16 amide bonds. The number of benzene rings is 1. The molecule has 1 rings (SSSR count). The molecule has 115 heavy (non-hydrogen) atoms. The van der Waals surface area contributed by atoms with Crippen LogP contribution in [-0.4, -0.2) is 262 Å². The zero-order valence-electron chi connectivity index (χ0n) is 66.3. The first-order chi connectivity index (χ1) is 54.0. The van der Waals surface area contributed by atoms with Gasteiger partial charge >= 0.3 is 11.9 Å². The van der Waals surface area contributed by atoms with Crippen molar-refractivity contribution in [3.63, 3.8) is 0 Å². The molecule has 44 heteroatoms. The molecule has 0 saturated carbocycles. The minimum atomic E-state index is -1.87. The molecule has 30 N–H and O–H groups in total. The molecular formula is C71H119N21O22S. The van der Waals surface area contributed by atoms with Crippen LogP contribution in [0.15, 0.2) is 35.3 Å². The van der Waals surface area contributed by atoms with Crippen molar-refractivity contribution in [1.82, 2.24) is 74.4 Å². The van der Waals surface area contributed by atoms with Crippen molar-refractivity contribution >= 4 is 124 Å². The lowest BCUT2D eigenvalue weighted by molar-refractivity contribution is -0.143. The number of aliphatic carboxylic acids is 2. The third-order valence-electron chi connectivity index (χ3n) is 17.6. The van der Waals surface area contributed by atoms with Crippen molar-refractivity contribution in [2.45, 2.75) is 230 Å². The second-order valence-electron chi connectivity index (χ2n) is 28.1. The first-order valence-corrected chi connectivity index (χ1v) is 38.9. The molecule has 0 aliphatic carbocycles.